The summed E-state index contributed by atoms with van der Waals surface area (Å²) in [5, 5.41) is 3.45. The second kappa shape index (κ2) is 4.63. The van der Waals surface area contributed by atoms with Crippen LogP contribution in [0.3, 0.4) is 0 Å². The minimum Gasteiger partial charge on any atom is -0.457 e. The Kier molecular flexibility index (Phi) is 3.23. The van der Waals surface area contributed by atoms with Gasteiger partial charge in [0.2, 0.25) is 0 Å². The number of nitrogens with one attached hydrogen (secondary N) is 1. The zero-order chi connectivity index (χ0) is 10.7. The van der Waals surface area contributed by atoms with Crippen molar-refractivity contribution in [3.63, 3.8) is 0 Å². The molecule has 0 saturated heterocycles. The van der Waals surface area contributed by atoms with Crippen LogP contribution in [-0.2, 0) is 6.54 Å². The second-order valence-corrected chi connectivity index (χ2v) is 4.01. The first-order valence-electron chi connectivity index (χ1n) is 4.18. The van der Waals surface area contributed by atoms with Gasteiger partial charge >= 0.3 is 0 Å². The van der Waals surface area contributed by atoms with Crippen LogP contribution in [-0.4, -0.2) is 9.97 Å². The molecule has 2 aromatic rings. The number of anilines is 1. The lowest BCUT2D eigenvalue weighted by molar-refractivity contribution is 0.539. The van der Waals surface area contributed by atoms with E-state index in [1.54, 1.807) is 12.5 Å². The van der Waals surface area contributed by atoms with E-state index in [9.17, 15) is 0 Å². The van der Waals surface area contributed by atoms with E-state index in [4.69, 9.17) is 16.0 Å². The fourth-order valence-electron chi connectivity index (χ4n) is 1.06. The van der Waals surface area contributed by atoms with Crippen molar-refractivity contribution in [1.82, 2.24) is 9.97 Å². The molecule has 78 valence electrons. The number of aromatic nitrogens is 2. The van der Waals surface area contributed by atoms with Crippen LogP contribution in [0.5, 0.6) is 0 Å². The molecule has 2 aromatic heterocycles. The van der Waals surface area contributed by atoms with Gasteiger partial charge in [-0.25, -0.2) is 4.98 Å². The monoisotopic (exact) mass is 287 g/mol. The second-order valence-electron chi connectivity index (χ2n) is 2.84. The van der Waals surface area contributed by atoms with E-state index >= 15 is 0 Å². The van der Waals surface area contributed by atoms with Crippen LogP contribution >= 0.6 is 27.5 Å². The Balaban J connectivity index is 1.99. The molecule has 0 amide bonds. The van der Waals surface area contributed by atoms with Gasteiger partial charge in [-0.05, 0) is 22.0 Å². The molecule has 0 unspecified atom stereocenters. The number of rotatable bonds is 3. The molecule has 15 heavy (non-hydrogen) atoms. The molecule has 0 atom stereocenters. The van der Waals surface area contributed by atoms with Crippen LogP contribution in [0.2, 0.25) is 5.15 Å². The van der Waals surface area contributed by atoms with Crippen LogP contribution in [0.4, 0.5) is 5.82 Å². The zero-order valence-electron chi connectivity index (χ0n) is 7.58. The summed E-state index contributed by atoms with van der Waals surface area (Å²) < 4.78 is 5.80. The first-order valence-corrected chi connectivity index (χ1v) is 5.35. The maximum Gasteiger partial charge on any atom is 0.169 e. The Morgan fingerprint density at radius 2 is 2.33 bits per heavy atom. The van der Waals surface area contributed by atoms with Crippen LogP contribution in [0.15, 0.2) is 33.8 Å². The third kappa shape index (κ3) is 2.94. The fourth-order valence-corrected chi connectivity index (χ4v) is 1.59. The molecular formula is C9H7BrClN3O. The van der Waals surface area contributed by atoms with E-state index in [2.05, 4.69) is 31.2 Å². The van der Waals surface area contributed by atoms with Gasteiger partial charge in [-0.2, -0.15) is 0 Å². The van der Waals surface area contributed by atoms with Gasteiger partial charge in [-0.15, -0.1) is 0 Å². The molecule has 0 spiro atoms. The van der Waals surface area contributed by atoms with Crippen molar-refractivity contribution in [2.75, 3.05) is 5.32 Å². The molecule has 4 nitrogen and oxygen atoms in total. The largest absolute Gasteiger partial charge is 0.457 e. The van der Waals surface area contributed by atoms with Gasteiger partial charge < -0.3 is 9.73 Å². The van der Waals surface area contributed by atoms with Gasteiger partial charge in [0.25, 0.3) is 0 Å². The predicted molar refractivity (Wildman–Crippen MR) is 60.8 cm³/mol. The number of furan rings is 1. The summed E-state index contributed by atoms with van der Waals surface area (Å²) in [7, 11) is 0. The molecule has 6 heteroatoms. The highest BCUT2D eigenvalue weighted by molar-refractivity contribution is 9.10. The summed E-state index contributed by atoms with van der Waals surface area (Å²) in [6.07, 6.45) is 4.76. The third-order valence-corrected chi connectivity index (χ3v) is 2.30. The van der Waals surface area contributed by atoms with Gasteiger partial charge in [0.1, 0.15) is 11.0 Å². The Hall–Kier alpha value is -1.07. The van der Waals surface area contributed by atoms with Crippen LogP contribution in [0.25, 0.3) is 0 Å². The molecule has 0 radical (unpaired) electrons. The maximum atomic E-state index is 5.69. The minimum absolute atomic E-state index is 0.369. The zero-order valence-corrected chi connectivity index (χ0v) is 9.92. The van der Waals surface area contributed by atoms with Gasteiger partial charge in [-0.1, -0.05) is 11.6 Å². The molecule has 0 bridgehead atoms. The van der Waals surface area contributed by atoms with Gasteiger partial charge in [0, 0.05) is 12.1 Å². The van der Waals surface area contributed by atoms with Crippen LogP contribution in [0, 0.1) is 0 Å². The quantitative estimate of drug-likeness (QED) is 0.943. The van der Waals surface area contributed by atoms with E-state index < -0.39 is 0 Å². The summed E-state index contributed by atoms with van der Waals surface area (Å²) in [5.74, 6) is 0.639. The average Bonchev–Trinajstić information content (AvgIpc) is 2.62. The van der Waals surface area contributed by atoms with E-state index in [1.165, 1.54) is 6.20 Å². The normalized spacial score (nSPS) is 10.3. The molecular weight excluding hydrogens is 281 g/mol. The highest BCUT2D eigenvalue weighted by atomic mass is 79.9. The van der Waals surface area contributed by atoms with Crippen molar-refractivity contribution in [3.05, 3.63) is 40.1 Å². The van der Waals surface area contributed by atoms with Gasteiger partial charge in [0.05, 0.1) is 18.7 Å². The lowest BCUT2D eigenvalue weighted by atomic mass is 10.3. The Morgan fingerprint density at radius 3 is 3.00 bits per heavy atom. The third-order valence-electron chi connectivity index (χ3n) is 1.70. The van der Waals surface area contributed by atoms with E-state index in [0.717, 1.165) is 5.56 Å². The minimum atomic E-state index is 0.369. The smallest absolute Gasteiger partial charge is 0.169 e. The summed E-state index contributed by atoms with van der Waals surface area (Å²) >= 11 is 8.92. The molecule has 0 aliphatic heterocycles. The van der Waals surface area contributed by atoms with Crippen molar-refractivity contribution in [3.8, 4) is 0 Å². The van der Waals surface area contributed by atoms with Crippen molar-refractivity contribution >= 4 is 33.3 Å². The molecule has 0 aliphatic carbocycles. The standard InChI is InChI=1S/C9H7BrClN3O/c10-7-1-6(5-15-7)2-13-9-4-12-3-8(11)14-9/h1,3-5H,2H2,(H,13,14). The first-order chi connectivity index (χ1) is 7.24. The van der Waals surface area contributed by atoms with Crippen molar-refractivity contribution in [1.29, 1.82) is 0 Å². The number of hydrogen-bond donors (Lipinski definition) is 1. The molecule has 0 aliphatic rings. The topological polar surface area (TPSA) is 51.0 Å². The van der Waals surface area contributed by atoms with E-state index in [1.807, 2.05) is 6.07 Å². The summed E-state index contributed by atoms with van der Waals surface area (Å²) in [4.78, 5) is 7.96. The number of nitrogens with zero attached hydrogens (tertiary/aromatic N) is 2. The summed E-state index contributed by atoms with van der Waals surface area (Å²) in [6.45, 7) is 0.615. The lowest BCUT2D eigenvalue weighted by Crippen LogP contribution is -2.00. The molecule has 2 rings (SSSR count). The highest BCUT2D eigenvalue weighted by Gasteiger charge is 2.00. The summed E-state index contributed by atoms with van der Waals surface area (Å²) in [5.41, 5.74) is 1.02. The number of halogens is 2. The van der Waals surface area contributed by atoms with Crippen molar-refractivity contribution < 1.29 is 4.42 Å². The first kappa shape index (κ1) is 10.4. The average molecular weight is 289 g/mol. The molecule has 0 aromatic carbocycles. The van der Waals surface area contributed by atoms with Crippen LogP contribution in [0.1, 0.15) is 5.56 Å². The maximum absolute atomic E-state index is 5.69. The van der Waals surface area contributed by atoms with Gasteiger partial charge in [0.15, 0.2) is 4.67 Å². The van der Waals surface area contributed by atoms with E-state index in [0.29, 0.717) is 22.2 Å². The summed E-state index contributed by atoms with van der Waals surface area (Å²) in [6, 6.07) is 1.88. The molecule has 0 saturated carbocycles. The van der Waals surface area contributed by atoms with Gasteiger partial charge in [-0.3, -0.25) is 4.98 Å². The Morgan fingerprint density at radius 1 is 1.47 bits per heavy atom. The number of hydrogen-bond acceptors (Lipinski definition) is 4. The van der Waals surface area contributed by atoms with E-state index in [-0.39, 0.29) is 0 Å². The highest BCUT2D eigenvalue weighted by Crippen LogP contribution is 2.15. The Labute approximate surface area is 99.8 Å². The van der Waals surface area contributed by atoms with Crippen molar-refractivity contribution in [2.45, 2.75) is 6.54 Å². The molecule has 1 N–H and O–H groups in total. The van der Waals surface area contributed by atoms with Crippen LogP contribution < -0.4 is 5.32 Å². The molecule has 2 heterocycles. The fraction of sp³-hybridized carbons (Fsp3) is 0.111. The SMILES string of the molecule is Clc1cncc(NCc2coc(Br)c2)n1. The molecule has 0 fully saturated rings. The predicted octanol–water partition coefficient (Wildman–Crippen LogP) is 3.10. The lowest BCUT2D eigenvalue weighted by Gasteiger charge is -2.02. The van der Waals surface area contributed by atoms with Crippen molar-refractivity contribution in [2.24, 2.45) is 0 Å². The Bertz CT molecular complexity index is 460.